The van der Waals surface area contributed by atoms with Gasteiger partial charge < -0.3 is 29.3 Å². The van der Waals surface area contributed by atoms with Crippen molar-refractivity contribution in [2.45, 2.75) is 19.9 Å². The average molecular weight is 697 g/mol. The molecule has 0 saturated heterocycles. The van der Waals surface area contributed by atoms with Crippen molar-refractivity contribution in [3.05, 3.63) is 138 Å². The van der Waals surface area contributed by atoms with Gasteiger partial charge in [0, 0.05) is 34.5 Å². The Morgan fingerprint density at radius 2 is 1.40 bits per heavy atom. The molecule has 52 heavy (non-hydrogen) atoms. The van der Waals surface area contributed by atoms with Gasteiger partial charge in [-0.3, -0.25) is 14.4 Å². The highest BCUT2D eigenvalue weighted by atomic mass is 16.5. The number of ether oxygens (including phenoxy) is 2. The summed E-state index contributed by atoms with van der Waals surface area (Å²) in [6.45, 7) is 1.60. The first kappa shape index (κ1) is 35.1. The third-order valence-corrected chi connectivity index (χ3v) is 8.40. The summed E-state index contributed by atoms with van der Waals surface area (Å²) in [6.07, 6.45) is 0.0443. The number of hydrogen-bond donors (Lipinski definition) is 2. The molecular weight excluding hydrogens is 660 g/mol. The molecule has 6 aromatic rings. The third kappa shape index (κ3) is 8.51. The van der Waals surface area contributed by atoms with Crippen LogP contribution in [-0.2, 0) is 22.6 Å². The molecule has 0 fully saturated rings. The first-order valence-electron chi connectivity index (χ1n) is 16.4. The fourth-order valence-electron chi connectivity index (χ4n) is 5.63. The fourth-order valence-corrected chi connectivity index (χ4v) is 5.63. The summed E-state index contributed by atoms with van der Waals surface area (Å²) in [7, 11) is 3.07. The third-order valence-electron chi connectivity index (χ3n) is 8.40. The van der Waals surface area contributed by atoms with Crippen molar-refractivity contribution < 1.29 is 33.5 Å². The highest BCUT2D eigenvalue weighted by Gasteiger charge is 2.20. The Labute approximate surface area is 300 Å². The number of aliphatic carboxylic acids is 1. The van der Waals surface area contributed by atoms with Gasteiger partial charge in [0.25, 0.3) is 11.8 Å². The normalized spacial score (nSPS) is 10.8. The molecule has 0 bridgehead atoms. The molecule has 0 aliphatic rings. The summed E-state index contributed by atoms with van der Waals surface area (Å²) in [5, 5.41) is 16.5. The van der Waals surface area contributed by atoms with Gasteiger partial charge in [-0.05, 0) is 78.2 Å². The Kier molecular flexibility index (Phi) is 10.7. The van der Waals surface area contributed by atoms with Gasteiger partial charge in [-0.2, -0.15) is 4.98 Å². The number of carbonyl (C=O) groups excluding carboxylic acids is 2. The number of benzene rings is 5. The maximum atomic E-state index is 13.4. The Bertz CT molecular complexity index is 2180. The summed E-state index contributed by atoms with van der Waals surface area (Å²) >= 11 is 0. The lowest BCUT2D eigenvalue weighted by Gasteiger charge is -2.21. The van der Waals surface area contributed by atoms with Crippen LogP contribution in [0.4, 0.5) is 5.69 Å². The summed E-state index contributed by atoms with van der Waals surface area (Å²) in [4.78, 5) is 43.8. The highest BCUT2D eigenvalue weighted by molar-refractivity contribution is 5.97. The van der Waals surface area contributed by atoms with Gasteiger partial charge in [0.1, 0.15) is 18.0 Å². The van der Waals surface area contributed by atoms with Gasteiger partial charge in [-0.15, -0.1) is 0 Å². The smallest absolute Gasteiger partial charge is 0.323 e. The topological polar surface area (TPSA) is 144 Å². The van der Waals surface area contributed by atoms with Gasteiger partial charge >= 0.3 is 5.97 Å². The predicted octanol–water partition coefficient (Wildman–Crippen LogP) is 7.30. The maximum Gasteiger partial charge on any atom is 0.323 e. The van der Waals surface area contributed by atoms with E-state index >= 15 is 0 Å². The lowest BCUT2D eigenvalue weighted by atomic mass is 10.0. The van der Waals surface area contributed by atoms with Gasteiger partial charge in [-0.25, -0.2) is 0 Å². The van der Waals surface area contributed by atoms with E-state index in [-0.39, 0.29) is 24.4 Å². The van der Waals surface area contributed by atoms with E-state index in [4.69, 9.17) is 14.0 Å². The molecule has 11 heteroatoms. The molecule has 0 spiro atoms. The number of carbonyl (C=O) groups is 3. The molecule has 0 aliphatic carbocycles. The number of carboxylic acids is 1. The number of hydrogen-bond acceptors (Lipinski definition) is 8. The lowest BCUT2D eigenvalue weighted by molar-refractivity contribution is -0.137. The highest BCUT2D eigenvalue weighted by Crippen LogP contribution is 2.27. The van der Waals surface area contributed by atoms with Crippen LogP contribution in [0.3, 0.4) is 0 Å². The number of amides is 2. The SMILES string of the molecule is COc1ccc(OC)c(CC(=O)Nc2ccc(C(=O)N(CC(=O)O)Cc3ccc(-c4nc(-c5ccc(-c6ccc(C)cc6)cc5)no4)cc3)cc2)c1. The molecule has 0 saturated carbocycles. The van der Waals surface area contributed by atoms with E-state index in [9.17, 15) is 19.5 Å². The van der Waals surface area contributed by atoms with Crippen LogP contribution in [0.2, 0.25) is 0 Å². The van der Waals surface area contributed by atoms with E-state index in [1.165, 1.54) is 17.6 Å². The number of methoxy groups -OCH3 is 2. The monoisotopic (exact) mass is 696 g/mol. The second kappa shape index (κ2) is 15.9. The van der Waals surface area contributed by atoms with Gasteiger partial charge in [0.15, 0.2) is 0 Å². The quantitative estimate of drug-likeness (QED) is 0.127. The molecule has 5 aromatic carbocycles. The number of nitrogens with one attached hydrogen (secondary N) is 1. The molecule has 0 radical (unpaired) electrons. The van der Waals surface area contributed by atoms with Crippen molar-refractivity contribution >= 4 is 23.5 Å². The van der Waals surface area contributed by atoms with Crippen LogP contribution in [-0.4, -0.2) is 58.7 Å². The van der Waals surface area contributed by atoms with Crippen LogP contribution >= 0.6 is 0 Å². The van der Waals surface area contributed by atoms with Crippen LogP contribution in [0.5, 0.6) is 11.5 Å². The number of anilines is 1. The molecule has 0 aliphatic heterocycles. The minimum Gasteiger partial charge on any atom is -0.497 e. The zero-order valence-corrected chi connectivity index (χ0v) is 28.8. The second-order valence-electron chi connectivity index (χ2n) is 12.1. The molecule has 0 atom stereocenters. The minimum absolute atomic E-state index is 0.0443. The Balaban J connectivity index is 1.08. The summed E-state index contributed by atoms with van der Waals surface area (Å²) < 4.78 is 16.2. The van der Waals surface area contributed by atoms with Crippen LogP contribution in [0.1, 0.15) is 27.0 Å². The Hall–Kier alpha value is -6.75. The van der Waals surface area contributed by atoms with E-state index in [0.717, 1.165) is 16.7 Å². The number of rotatable bonds is 13. The number of aryl methyl sites for hydroxylation is 1. The molecule has 2 N–H and O–H groups in total. The van der Waals surface area contributed by atoms with Crippen molar-refractivity contribution in [1.82, 2.24) is 15.0 Å². The van der Waals surface area contributed by atoms with E-state index in [1.54, 1.807) is 73.8 Å². The van der Waals surface area contributed by atoms with Crippen LogP contribution in [0, 0.1) is 6.92 Å². The van der Waals surface area contributed by atoms with Crippen LogP contribution in [0.25, 0.3) is 34.0 Å². The van der Waals surface area contributed by atoms with Crippen molar-refractivity contribution in [3.8, 4) is 45.5 Å². The molecule has 6 rings (SSSR count). The zero-order chi connectivity index (χ0) is 36.6. The summed E-state index contributed by atoms with van der Waals surface area (Å²) in [5.41, 5.74) is 7.02. The first-order valence-corrected chi connectivity index (χ1v) is 16.4. The summed E-state index contributed by atoms with van der Waals surface area (Å²) in [6, 6.07) is 34.9. The lowest BCUT2D eigenvalue weighted by Crippen LogP contribution is -2.35. The predicted molar refractivity (Wildman–Crippen MR) is 196 cm³/mol. The van der Waals surface area contributed by atoms with Gasteiger partial charge in [-0.1, -0.05) is 71.4 Å². The van der Waals surface area contributed by atoms with Crippen LogP contribution in [0.15, 0.2) is 120 Å². The van der Waals surface area contributed by atoms with E-state index in [2.05, 4.69) is 46.6 Å². The molecule has 262 valence electrons. The van der Waals surface area contributed by atoms with Crippen molar-refractivity contribution in [3.63, 3.8) is 0 Å². The first-order chi connectivity index (χ1) is 25.2. The number of nitrogens with zero attached hydrogens (tertiary/aromatic N) is 3. The number of carboxylic acid groups (broad SMARTS) is 1. The van der Waals surface area contributed by atoms with E-state index < -0.39 is 18.4 Å². The minimum atomic E-state index is -1.15. The standard InChI is InChI=1S/C41H36N4O7/c1-26-4-8-28(9-5-26)29-12-14-30(15-13-29)39-43-40(52-44-39)31-10-6-27(7-11-31)24-45(25-38(47)48)41(49)32-16-18-34(19-17-32)42-37(46)23-33-22-35(50-2)20-21-36(33)51-3/h4-22H,23-25H2,1-3H3,(H,42,46)(H,47,48). The molecular formula is C41H36N4O7. The fraction of sp³-hybridized carbons (Fsp3) is 0.146. The average Bonchev–Trinajstić information content (AvgIpc) is 3.65. The second-order valence-corrected chi connectivity index (χ2v) is 12.1. The molecule has 1 heterocycles. The number of aromatic nitrogens is 2. The van der Waals surface area contributed by atoms with Crippen molar-refractivity contribution in [2.24, 2.45) is 0 Å². The van der Waals surface area contributed by atoms with E-state index in [1.807, 2.05) is 24.3 Å². The molecule has 2 amide bonds. The Morgan fingerprint density at radius 3 is 2.04 bits per heavy atom. The van der Waals surface area contributed by atoms with Gasteiger partial charge in [0.05, 0.1) is 20.6 Å². The largest absolute Gasteiger partial charge is 0.497 e. The van der Waals surface area contributed by atoms with Gasteiger partial charge in [0.2, 0.25) is 11.7 Å². The molecule has 0 unspecified atom stereocenters. The van der Waals surface area contributed by atoms with E-state index in [0.29, 0.717) is 45.6 Å². The van der Waals surface area contributed by atoms with Crippen molar-refractivity contribution in [2.75, 3.05) is 26.1 Å². The van der Waals surface area contributed by atoms with Crippen LogP contribution < -0.4 is 14.8 Å². The maximum absolute atomic E-state index is 13.4. The van der Waals surface area contributed by atoms with Crippen molar-refractivity contribution in [1.29, 1.82) is 0 Å². The molecule has 1 aromatic heterocycles. The zero-order valence-electron chi connectivity index (χ0n) is 28.8. The summed E-state index contributed by atoms with van der Waals surface area (Å²) in [5.74, 6) is 0.0434. The Morgan fingerprint density at radius 1 is 0.769 bits per heavy atom. The molecule has 11 nitrogen and oxygen atoms in total.